The molecular weight excluding hydrogens is 320 g/mol. The number of hydrogen-bond acceptors (Lipinski definition) is 4. The molecule has 0 aliphatic heterocycles. The molecule has 1 saturated carbocycles. The first-order valence-electron chi connectivity index (χ1n) is 5.90. The topological polar surface area (TPSA) is 85.3 Å². The highest BCUT2D eigenvalue weighted by Gasteiger charge is 2.41. The molecule has 1 aromatic rings. The molecule has 1 aliphatic rings. The SMILES string of the molecule is CCC1(CNS(=O)(=O)c2cc(CN)oc2Br)CC1. The lowest BCUT2D eigenvalue weighted by molar-refractivity contribution is 0.471. The summed E-state index contributed by atoms with van der Waals surface area (Å²) in [6, 6.07) is 1.46. The quantitative estimate of drug-likeness (QED) is 0.831. The van der Waals surface area contributed by atoms with Crippen molar-refractivity contribution in [2.75, 3.05) is 6.54 Å². The Morgan fingerprint density at radius 1 is 1.56 bits per heavy atom. The van der Waals surface area contributed by atoms with Crippen molar-refractivity contribution in [3.8, 4) is 0 Å². The predicted molar refractivity (Wildman–Crippen MR) is 71.4 cm³/mol. The lowest BCUT2D eigenvalue weighted by Crippen LogP contribution is -2.30. The first-order chi connectivity index (χ1) is 8.42. The lowest BCUT2D eigenvalue weighted by Gasteiger charge is -2.12. The van der Waals surface area contributed by atoms with E-state index < -0.39 is 10.0 Å². The minimum atomic E-state index is -3.53. The van der Waals surface area contributed by atoms with Gasteiger partial charge in [0.15, 0.2) is 4.67 Å². The van der Waals surface area contributed by atoms with Crippen LogP contribution in [0.4, 0.5) is 0 Å². The summed E-state index contributed by atoms with van der Waals surface area (Å²) in [5.41, 5.74) is 5.59. The zero-order chi connectivity index (χ0) is 13.4. The number of nitrogens with one attached hydrogen (secondary N) is 1. The van der Waals surface area contributed by atoms with E-state index in [-0.39, 0.29) is 21.5 Å². The number of furan rings is 1. The third-order valence-corrected chi connectivity index (χ3v) is 5.80. The number of nitrogens with two attached hydrogens (primary N) is 1. The molecule has 1 aromatic heterocycles. The summed E-state index contributed by atoms with van der Waals surface area (Å²) in [4.78, 5) is 0.120. The maximum Gasteiger partial charge on any atom is 0.244 e. The van der Waals surface area contributed by atoms with E-state index in [2.05, 4.69) is 27.6 Å². The molecule has 1 heterocycles. The molecule has 0 radical (unpaired) electrons. The molecule has 0 spiro atoms. The Kier molecular flexibility index (Phi) is 3.87. The van der Waals surface area contributed by atoms with Gasteiger partial charge in [-0.05, 0) is 40.6 Å². The number of hydrogen-bond donors (Lipinski definition) is 2. The highest BCUT2D eigenvalue weighted by molar-refractivity contribution is 9.10. The van der Waals surface area contributed by atoms with Crippen molar-refractivity contribution in [1.82, 2.24) is 4.72 Å². The second-order valence-electron chi connectivity index (χ2n) is 4.73. The molecule has 0 aromatic carbocycles. The van der Waals surface area contributed by atoms with Gasteiger partial charge in [-0.3, -0.25) is 0 Å². The van der Waals surface area contributed by atoms with Crippen LogP contribution in [0.25, 0.3) is 0 Å². The van der Waals surface area contributed by atoms with E-state index in [0.717, 1.165) is 19.3 Å². The molecule has 0 saturated heterocycles. The summed E-state index contributed by atoms with van der Waals surface area (Å²) in [5.74, 6) is 0.443. The summed E-state index contributed by atoms with van der Waals surface area (Å²) in [5, 5.41) is 0. The van der Waals surface area contributed by atoms with Crippen molar-refractivity contribution < 1.29 is 12.8 Å². The Morgan fingerprint density at radius 3 is 2.67 bits per heavy atom. The molecular formula is C11H17BrN2O3S. The Balaban J connectivity index is 2.12. The molecule has 2 rings (SSSR count). The molecule has 0 bridgehead atoms. The number of sulfonamides is 1. The van der Waals surface area contributed by atoms with Gasteiger partial charge in [0.25, 0.3) is 0 Å². The Bertz CT molecular complexity index is 534. The van der Waals surface area contributed by atoms with Crippen LogP contribution in [0.5, 0.6) is 0 Å². The third-order valence-electron chi connectivity index (χ3n) is 3.54. The molecule has 7 heteroatoms. The summed E-state index contributed by atoms with van der Waals surface area (Å²) >= 11 is 3.11. The Morgan fingerprint density at radius 2 is 2.22 bits per heavy atom. The van der Waals surface area contributed by atoms with Crippen LogP contribution in [0.2, 0.25) is 0 Å². The van der Waals surface area contributed by atoms with Gasteiger partial charge < -0.3 is 10.2 Å². The maximum absolute atomic E-state index is 12.1. The van der Waals surface area contributed by atoms with Gasteiger partial charge in [0.1, 0.15) is 10.7 Å². The molecule has 1 fully saturated rings. The van der Waals surface area contributed by atoms with E-state index in [1.807, 2.05) is 0 Å². The summed E-state index contributed by atoms with van der Waals surface area (Å²) in [6.07, 6.45) is 3.18. The van der Waals surface area contributed by atoms with Crippen LogP contribution in [0, 0.1) is 5.41 Å². The van der Waals surface area contributed by atoms with Crippen LogP contribution in [-0.4, -0.2) is 15.0 Å². The van der Waals surface area contributed by atoms with Crippen LogP contribution >= 0.6 is 15.9 Å². The third kappa shape index (κ3) is 2.79. The molecule has 18 heavy (non-hydrogen) atoms. The molecule has 3 N–H and O–H groups in total. The average molecular weight is 337 g/mol. The van der Waals surface area contributed by atoms with Crippen molar-refractivity contribution in [3.63, 3.8) is 0 Å². The highest BCUT2D eigenvalue weighted by atomic mass is 79.9. The van der Waals surface area contributed by atoms with E-state index in [0.29, 0.717) is 12.3 Å². The molecule has 0 atom stereocenters. The van der Waals surface area contributed by atoms with E-state index in [4.69, 9.17) is 10.2 Å². The fourth-order valence-corrected chi connectivity index (χ4v) is 3.99. The van der Waals surface area contributed by atoms with E-state index in [1.165, 1.54) is 6.07 Å². The van der Waals surface area contributed by atoms with Gasteiger partial charge in [0.2, 0.25) is 10.0 Å². The van der Waals surface area contributed by atoms with Gasteiger partial charge in [-0.15, -0.1) is 0 Å². The van der Waals surface area contributed by atoms with Crippen molar-refractivity contribution in [3.05, 3.63) is 16.5 Å². The molecule has 5 nitrogen and oxygen atoms in total. The number of rotatable bonds is 6. The van der Waals surface area contributed by atoms with Crippen LogP contribution in [0.3, 0.4) is 0 Å². The van der Waals surface area contributed by atoms with Crippen molar-refractivity contribution in [1.29, 1.82) is 0 Å². The van der Waals surface area contributed by atoms with Gasteiger partial charge in [-0.1, -0.05) is 6.92 Å². The van der Waals surface area contributed by atoms with Gasteiger partial charge >= 0.3 is 0 Å². The van der Waals surface area contributed by atoms with E-state index in [9.17, 15) is 8.42 Å². The Labute approximate surface area is 115 Å². The first kappa shape index (κ1) is 14.0. The molecule has 0 unspecified atom stereocenters. The largest absolute Gasteiger partial charge is 0.452 e. The average Bonchev–Trinajstić information content (AvgIpc) is 3.03. The fourth-order valence-electron chi connectivity index (χ4n) is 1.84. The van der Waals surface area contributed by atoms with Gasteiger partial charge in [0, 0.05) is 12.6 Å². The highest BCUT2D eigenvalue weighted by Crippen LogP contribution is 2.48. The monoisotopic (exact) mass is 336 g/mol. The smallest absolute Gasteiger partial charge is 0.244 e. The lowest BCUT2D eigenvalue weighted by atomic mass is 10.1. The van der Waals surface area contributed by atoms with Crippen molar-refractivity contribution in [2.24, 2.45) is 11.1 Å². The van der Waals surface area contributed by atoms with Crippen LogP contribution < -0.4 is 10.5 Å². The number of halogens is 1. The second-order valence-corrected chi connectivity index (χ2v) is 7.19. The first-order valence-corrected chi connectivity index (χ1v) is 8.18. The minimum absolute atomic E-state index is 0.120. The minimum Gasteiger partial charge on any atom is -0.452 e. The maximum atomic E-state index is 12.1. The fraction of sp³-hybridized carbons (Fsp3) is 0.636. The van der Waals surface area contributed by atoms with E-state index in [1.54, 1.807) is 0 Å². The van der Waals surface area contributed by atoms with Gasteiger partial charge in [0.05, 0.1) is 6.54 Å². The van der Waals surface area contributed by atoms with Gasteiger partial charge in [-0.25, -0.2) is 13.1 Å². The molecule has 0 amide bonds. The standard InChI is InChI=1S/C11H17BrN2O3S/c1-2-11(3-4-11)7-14-18(15,16)9-5-8(6-13)17-10(9)12/h5,14H,2-4,6-7,13H2,1H3. The zero-order valence-corrected chi connectivity index (χ0v) is 12.6. The van der Waals surface area contributed by atoms with Crippen molar-refractivity contribution >= 4 is 26.0 Å². The summed E-state index contributed by atoms with van der Waals surface area (Å²) in [6.45, 7) is 2.75. The second kappa shape index (κ2) is 4.96. The predicted octanol–water partition coefficient (Wildman–Crippen LogP) is 1.97. The van der Waals surface area contributed by atoms with Crippen LogP contribution in [0.15, 0.2) is 20.0 Å². The van der Waals surface area contributed by atoms with Gasteiger partial charge in [-0.2, -0.15) is 0 Å². The van der Waals surface area contributed by atoms with E-state index >= 15 is 0 Å². The van der Waals surface area contributed by atoms with Crippen molar-refractivity contribution in [2.45, 2.75) is 37.6 Å². The molecule has 102 valence electrons. The zero-order valence-electron chi connectivity index (χ0n) is 10.2. The van der Waals surface area contributed by atoms with Crippen LogP contribution in [0.1, 0.15) is 31.9 Å². The summed E-state index contributed by atoms with van der Waals surface area (Å²) < 4.78 is 32.3. The summed E-state index contributed by atoms with van der Waals surface area (Å²) in [7, 11) is -3.53. The molecule has 1 aliphatic carbocycles. The van der Waals surface area contributed by atoms with Crippen LogP contribution in [-0.2, 0) is 16.6 Å². The Hall–Kier alpha value is -0.370. The normalized spacial score (nSPS) is 17.9.